The molecule has 4 rings (SSSR count). The van der Waals surface area contributed by atoms with Crippen LogP contribution < -0.4 is 10.7 Å². The monoisotopic (exact) mass is 467 g/mol. The molecule has 9 nitrogen and oxygen atoms in total. The van der Waals surface area contributed by atoms with Crippen LogP contribution in [0.25, 0.3) is 11.3 Å². The van der Waals surface area contributed by atoms with Gasteiger partial charge in [0.05, 0.1) is 17.4 Å². The molecule has 0 radical (unpaired) electrons. The van der Waals surface area contributed by atoms with Gasteiger partial charge in [0.15, 0.2) is 5.76 Å². The zero-order valence-corrected chi connectivity index (χ0v) is 17.8. The molecule has 0 saturated carbocycles. The Bertz CT molecular complexity index is 1290. The molecule has 2 heterocycles. The van der Waals surface area contributed by atoms with Crippen LogP contribution >= 0.6 is 22.9 Å². The average Bonchev–Trinajstić information content (AvgIpc) is 3.45. The van der Waals surface area contributed by atoms with E-state index < -0.39 is 10.8 Å². The lowest BCUT2D eigenvalue weighted by Gasteiger charge is -2.03. The highest BCUT2D eigenvalue weighted by Gasteiger charge is 2.18. The van der Waals surface area contributed by atoms with Gasteiger partial charge in [-0.1, -0.05) is 47.2 Å². The second-order valence-electron chi connectivity index (χ2n) is 6.36. The van der Waals surface area contributed by atoms with E-state index in [1.807, 2.05) is 0 Å². The first-order valence-corrected chi connectivity index (χ1v) is 10.3. The molecule has 0 aliphatic rings. The van der Waals surface area contributed by atoms with Gasteiger partial charge in [0.1, 0.15) is 10.7 Å². The van der Waals surface area contributed by atoms with Crippen molar-refractivity contribution in [1.82, 2.24) is 4.98 Å². The van der Waals surface area contributed by atoms with Gasteiger partial charge in [-0.05, 0) is 24.3 Å². The van der Waals surface area contributed by atoms with E-state index in [-0.39, 0.29) is 11.4 Å². The minimum Gasteiger partial charge on any atom is -0.459 e. The Morgan fingerprint density at radius 1 is 1.19 bits per heavy atom. The number of nitro groups is 1. The topological polar surface area (TPSA) is 123 Å². The minimum atomic E-state index is -0.474. The van der Waals surface area contributed by atoms with E-state index >= 15 is 0 Å². The molecular weight excluding hydrogens is 454 g/mol. The minimum absolute atomic E-state index is 0.0313. The molecule has 0 aliphatic carbocycles. The van der Waals surface area contributed by atoms with Crippen LogP contribution in [0.5, 0.6) is 0 Å². The number of non-ortho nitro benzene ring substituents is 1. The smallest absolute Gasteiger partial charge is 0.292 e. The summed E-state index contributed by atoms with van der Waals surface area (Å²) in [4.78, 5) is 27.4. The number of nitro benzene ring substituents is 1. The van der Waals surface area contributed by atoms with Crippen molar-refractivity contribution in [2.45, 2.75) is 0 Å². The first kappa shape index (κ1) is 21.2. The SMILES string of the molecule is O=C(Nc1sc(NN=Cc2cccc([N+](=O)[O-])c2)nc1-c1ccc(Cl)cc1)c1ccco1. The Morgan fingerprint density at radius 2 is 2.00 bits per heavy atom. The van der Waals surface area contributed by atoms with E-state index in [9.17, 15) is 14.9 Å². The molecule has 0 fully saturated rings. The van der Waals surface area contributed by atoms with Gasteiger partial charge in [0.25, 0.3) is 11.6 Å². The molecule has 160 valence electrons. The van der Waals surface area contributed by atoms with Crippen molar-refractivity contribution in [2.24, 2.45) is 5.10 Å². The molecule has 1 amide bonds. The average molecular weight is 468 g/mol. The molecule has 0 atom stereocenters. The fraction of sp³-hybridized carbons (Fsp3) is 0. The van der Waals surface area contributed by atoms with E-state index in [0.717, 1.165) is 5.56 Å². The van der Waals surface area contributed by atoms with E-state index in [2.05, 4.69) is 20.8 Å². The van der Waals surface area contributed by atoms with Gasteiger partial charge in [0.2, 0.25) is 5.13 Å². The summed E-state index contributed by atoms with van der Waals surface area (Å²) >= 11 is 7.16. The van der Waals surface area contributed by atoms with Crippen molar-refractivity contribution < 1.29 is 14.1 Å². The number of hydrogen-bond acceptors (Lipinski definition) is 8. The molecule has 0 saturated heterocycles. The number of carbonyl (C=O) groups is 1. The van der Waals surface area contributed by atoms with Gasteiger partial charge in [-0.15, -0.1) is 0 Å². The lowest BCUT2D eigenvalue weighted by Crippen LogP contribution is -2.10. The van der Waals surface area contributed by atoms with Crippen LogP contribution in [0.4, 0.5) is 15.8 Å². The highest BCUT2D eigenvalue weighted by Crippen LogP contribution is 2.36. The number of halogens is 1. The predicted octanol–water partition coefficient (Wildman–Crippen LogP) is 5.66. The van der Waals surface area contributed by atoms with Gasteiger partial charge >= 0.3 is 0 Å². The number of rotatable bonds is 7. The number of aromatic nitrogens is 1. The number of anilines is 2. The number of thiazole rings is 1. The zero-order valence-electron chi connectivity index (χ0n) is 16.2. The first-order valence-electron chi connectivity index (χ1n) is 9.15. The summed E-state index contributed by atoms with van der Waals surface area (Å²) < 4.78 is 5.14. The standard InChI is InChI=1S/C21H14ClN5O4S/c22-15-8-6-14(7-9-15)18-20(25-19(28)17-5-2-10-31-17)32-21(24-18)26-23-12-13-3-1-4-16(11-13)27(29)30/h1-12H,(H,24,26)(H,25,28). The predicted molar refractivity (Wildman–Crippen MR) is 124 cm³/mol. The van der Waals surface area contributed by atoms with Crippen LogP contribution in [0.2, 0.25) is 5.02 Å². The molecule has 0 spiro atoms. The number of furan rings is 1. The van der Waals surface area contributed by atoms with Gasteiger partial charge in [-0.3, -0.25) is 20.3 Å². The molecule has 0 bridgehead atoms. The van der Waals surface area contributed by atoms with Crippen molar-refractivity contribution in [3.63, 3.8) is 0 Å². The Balaban J connectivity index is 1.58. The third kappa shape index (κ3) is 4.99. The van der Waals surface area contributed by atoms with Crippen molar-refractivity contribution in [2.75, 3.05) is 10.7 Å². The summed E-state index contributed by atoms with van der Waals surface area (Å²) in [5.74, 6) is -0.251. The highest BCUT2D eigenvalue weighted by molar-refractivity contribution is 7.20. The Hall–Kier alpha value is -4.02. The largest absolute Gasteiger partial charge is 0.459 e. The van der Waals surface area contributed by atoms with Gasteiger partial charge in [-0.2, -0.15) is 5.10 Å². The second kappa shape index (κ2) is 9.41. The molecule has 2 N–H and O–H groups in total. The number of nitrogens with zero attached hydrogens (tertiary/aromatic N) is 3. The van der Waals surface area contributed by atoms with Crippen LogP contribution in [-0.4, -0.2) is 22.0 Å². The normalized spacial score (nSPS) is 10.9. The molecule has 2 aromatic heterocycles. The van der Waals surface area contributed by atoms with E-state index in [4.69, 9.17) is 16.0 Å². The summed E-state index contributed by atoms with van der Waals surface area (Å²) in [7, 11) is 0. The van der Waals surface area contributed by atoms with Gasteiger partial charge in [-0.25, -0.2) is 4.98 Å². The number of nitrogens with one attached hydrogen (secondary N) is 2. The lowest BCUT2D eigenvalue weighted by molar-refractivity contribution is -0.384. The Morgan fingerprint density at radius 3 is 2.72 bits per heavy atom. The Labute approximate surface area is 190 Å². The number of benzene rings is 2. The summed E-state index contributed by atoms with van der Waals surface area (Å²) in [6.07, 6.45) is 2.86. The van der Waals surface area contributed by atoms with Crippen LogP contribution in [-0.2, 0) is 0 Å². The number of hydrogen-bond donors (Lipinski definition) is 2. The molecule has 32 heavy (non-hydrogen) atoms. The molecule has 2 aromatic carbocycles. The molecule has 11 heteroatoms. The van der Waals surface area contributed by atoms with Gasteiger partial charge < -0.3 is 9.73 Å². The third-order valence-corrected chi connectivity index (χ3v) is 5.30. The lowest BCUT2D eigenvalue weighted by atomic mass is 10.1. The van der Waals surface area contributed by atoms with E-state index in [0.29, 0.717) is 26.4 Å². The van der Waals surface area contributed by atoms with Crippen LogP contribution in [0, 0.1) is 10.1 Å². The Kier molecular flexibility index (Phi) is 6.24. The van der Waals surface area contributed by atoms with Crippen molar-refractivity contribution in [3.05, 3.63) is 93.4 Å². The van der Waals surface area contributed by atoms with Gasteiger partial charge in [0, 0.05) is 28.3 Å². The maximum absolute atomic E-state index is 12.5. The van der Waals surface area contributed by atoms with Crippen LogP contribution in [0.3, 0.4) is 0 Å². The van der Waals surface area contributed by atoms with Crippen molar-refractivity contribution in [3.8, 4) is 11.3 Å². The fourth-order valence-corrected chi connectivity index (χ4v) is 3.67. The quantitative estimate of drug-likeness (QED) is 0.205. The molecular formula is C21H14ClN5O4S. The van der Waals surface area contributed by atoms with Crippen molar-refractivity contribution >= 4 is 50.9 Å². The third-order valence-electron chi connectivity index (χ3n) is 4.17. The summed E-state index contributed by atoms with van der Waals surface area (Å²) in [5, 5.41) is 19.3. The zero-order chi connectivity index (χ0) is 22.5. The first-order chi connectivity index (χ1) is 15.5. The molecule has 0 aliphatic heterocycles. The molecule has 4 aromatic rings. The van der Waals surface area contributed by atoms with Crippen LogP contribution in [0.1, 0.15) is 16.1 Å². The fourth-order valence-electron chi connectivity index (χ4n) is 2.71. The maximum Gasteiger partial charge on any atom is 0.292 e. The summed E-state index contributed by atoms with van der Waals surface area (Å²) in [6.45, 7) is 0. The number of carbonyl (C=O) groups excluding carboxylic acids is 1. The van der Waals surface area contributed by atoms with E-state index in [1.165, 1.54) is 35.9 Å². The second-order valence-corrected chi connectivity index (χ2v) is 7.79. The summed E-state index contributed by atoms with van der Waals surface area (Å²) in [6, 6.07) is 16.3. The molecule has 0 unspecified atom stereocenters. The maximum atomic E-state index is 12.5. The number of amides is 1. The van der Waals surface area contributed by atoms with Crippen LogP contribution in [0.15, 0.2) is 76.4 Å². The van der Waals surface area contributed by atoms with Crippen molar-refractivity contribution in [1.29, 1.82) is 0 Å². The highest BCUT2D eigenvalue weighted by atomic mass is 35.5. The van der Waals surface area contributed by atoms with E-state index in [1.54, 1.807) is 48.5 Å². The summed E-state index contributed by atoms with van der Waals surface area (Å²) in [5.41, 5.74) is 4.59. The number of hydrazone groups is 1.